The van der Waals surface area contributed by atoms with Crippen LogP contribution in [0.25, 0.3) is 0 Å². The molecule has 4 heteroatoms. The van der Waals surface area contributed by atoms with E-state index in [0.717, 1.165) is 12.8 Å². The zero-order valence-corrected chi connectivity index (χ0v) is 9.87. The molecule has 0 saturated carbocycles. The van der Waals surface area contributed by atoms with Crippen molar-refractivity contribution in [3.63, 3.8) is 0 Å². The van der Waals surface area contributed by atoms with Gasteiger partial charge in [-0.25, -0.2) is 4.79 Å². The fourth-order valence-corrected chi connectivity index (χ4v) is 1.40. The van der Waals surface area contributed by atoms with Crippen LogP contribution in [0, 0.1) is 5.92 Å². The van der Waals surface area contributed by atoms with Crippen LogP contribution in [0.3, 0.4) is 0 Å². The summed E-state index contributed by atoms with van der Waals surface area (Å²) in [7, 11) is 1.27. The third-order valence-electron chi connectivity index (χ3n) is 1.81. The third-order valence-corrected chi connectivity index (χ3v) is 2.76. The number of esters is 1. The molecule has 0 heterocycles. The number of carbonyl (C=O) groups excluding carboxylic acids is 1. The van der Waals surface area contributed by atoms with E-state index in [0.29, 0.717) is 5.92 Å². The Morgan fingerprint density at radius 2 is 2.00 bits per heavy atom. The van der Waals surface area contributed by atoms with Crippen molar-refractivity contribution in [1.82, 2.24) is 0 Å². The molecule has 78 valence electrons. The number of methoxy groups -OCH3 is 1. The smallest absolute Gasteiger partial charge is 0.335 e. The molecule has 0 radical (unpaired) electrons. The van der Waals surface area contributed by atoms with Gasteiger partial charge in [0, 0.05) is 0 Å². The number of hydrogen-bond donors (Lipinski definition) is 1. The van der Waals surface area contributed by atoms with Gasteiger partial charge in [-0.05, 0) is 18.8 Å². The van der Waals surface area contributed by atoms with Gasteiger partial charge in [-0.1, -0.05) is 29.8 Å². The Morgan fingerprint density at radius 1 is 1.46 bits per heavy atom. The normalized spacial score (nSPS) is 15.5. The van der Waals surface area contributed by atoms with Crippen LogP contribution in [0.2, 0.25) is 0 Å². The van der Waals surface area contributed by atoms with Gasteiger partial charge in [0.15, 0.2) is 6.10 Å². The molecule has 0 bridgehead atoms. The van der Waals surface area contributed by atoms with Crippen LogP contribution in [0.5, 0.6) is 0 Å². The van der Waals surface area contributed by atoms with Crippen LogP contribution in [-0.2, 0) is 9.53 Å². The maximum Gasteiger partial charge on any atom is 0.335 e. The molecule has 0 spiro atoms. The summed E-state index contributed by atoms with van der Waals surface area (Å²) in [5.41, 5.74) is 0. The minimum Gasteiger partial charge on any atom is -0.467 e. The molecule has 2 atom stereocenters. The van der Waals surface area contributed by atoms with Gasteiger partial charge in [-0.2, -0.15) is 0 Å². The van der Waals surface area contributed by atoms with Crippen LogP contribution in [0.15, 0.2) is 0 Å². The minimum atomic E-state index is -1.05. The van der Waals surface area contributed by atoms with Crippen molar-refractivity contribution in [2.24, 2.45) is 5.92 Å². The lowest BCUT2D eigenvalue weighted by Crippen LogP contribution is -2.31. The molecule has 3 nitrogen and oxygen atoms in total. The summed E-state index contributed by atoms with van der Waals surface area (Å²) in [5, 5.41) is 9.38. The number of rotatable bonds is 5. The molecule has 13 heavy (non-hydrogen) atoms. The van der Waals surface area contributed by atoms with Crippen molar-refractivity contribution in [3.8, 4) is 0 Å². The first-order chi connectivity index (χ1) is 5.99. The second-order valence-corrected chi connectivity index (χ2v) is 4.63. The molecule has 0 fully saturated rings. The molecule has 1 N–H and O–H groups in total. The molecular formula is C9H17BrO3. The van der Waals surface area contributed by atoms with E-state index in [1.165, 1.54) is 7.11 Å². The van der Waals surface area contributed by atoms with E-state index in [2.05, 4.69) is 34.5 Å². The van der Waals surface area contributed by atoms with Crippen molar-refractivity contribution in [1.29, 1.82) is 0 Å². The predicted molar refractivity (Wildman–Crippen MR) is 54.8 cm³/mol. The van der Waals surface area contributed by atoms with Crippen molar-refractivity contribution in [2.75, 3.05) is 7.11 Å². The fraction of sp³-hybridized carbons (Fsp3) is 0.889. The van der Waals surface area contributed by atoms with E-state index in [4.69, 9.17) is 0 Å². The second kappa shape index (κ2) is 6.38. The maximum absolute atomic E-state index is 10.9. The van der Waals surface area contributed by atoms with E-state index >= 15 is 0 Å². The molecule has 0 rings (SSSR count). The first kappa shape index (κ1) is 12.9. The number of aliphatic hydroxyl groups excluding tert-OH is 1. The molecule has 0 unspecified atom stereocenters. The Bertz CT molecular complexity index is 159. The Hall–Kier alpha value is -0.0900. The summed E-state index contributed by atoms with van der Waals surface area (Å²) in [6, 6.07) is 0. The Balaban J connectivity index is 3.82. The first-order valence-corrected chi connectivity index (χ1v) is 5.30. The van der Waals surface area contributed by atoms with Gasteiger partial charge < -0.3 is 9.84 Å². The zero-order valence-electron chi connectivity index (χ0n) is 8.29. The molecule has 0 aromatic rings. The molecule has 0 aliphatic rings. The van der Waals surface area contributed by atoms with E-state index in [1.807, 2.05) is 0 Å². The van der Waals surface area contributed by atoms with Crippen LogP contribution in [0.4, 0.5) is 0 Å². The van der Waals surface area contributed by atoms with Crippen molar-refractivity contribution in [3.05, 3.63) is 0 Å². The van der Waals surface area contributed by atoms with E-state index in [-0.39, 0.29) is 4.83 Å². The SMILES string of the molecule is COC(=O)[C@H](O)[C@H](Br)CCC(C)C. The summed E-state index contributed by atoms with van der Waals surface area (Å²) in [4.78, 5) is 10.7. The molecule has 0 aliphatic heterocycles. The molecule has 0 aliphatic carbocycles. The zero-order chi connectivity index (χ0) is 10.4. The van der Waals surface area contributed by atoms with E-state index < -0.39 is 12.1 Å². The second-order valence-electron chi connectivity index (χ2n) is 3.46. The van der Waals surface area contributed by atoms with E-state index in [1.54, 1.807) is 0 Å². The van der Waals surface area contributed by atoms with Gasteiger partial charge in [0.05, 0.1) is 11.9 Å². The number of alkyl halides is 1. The van der Waals surface area contributed by atoms with Crippen molar-refractivity contribution < 1.29 is 14.6 Å². The minimum absolute atomic E-state index is 0.206. The van der Waals surface area contributed by atoms with Gasteiger partial charge in [-0.15, -0.1) is 0 Å². The molecule has 0 saturated heterocycles. The lowest BCUT2D eigenvalue weighted by atomic mass is 10.0. The topological polar surface area (TPSA) is 46.5 Å². The highest BCUT2D eigenvalue weighted by molar-refractivity contribution is 9.09. The molecular weight excluding hydrogens is 236 g/mol. The number of ether oxygens (including phenoxy) is 1. The lowest BCUT2D eigenvalue weighted by Gasteiger charge is -2.15. The summed E-state index contributed by atoms with van der Waals surface area (Å²) in [6.45, 7) is 4.20. The Morgan fingerprint density at radius 3 is 2.38 bits per heavy atom. The van der Waals surface area contributed by atoms with Crippen LogP contribution in [-0.4, -0.2) is 29.1 Å². The summed E-state index contributed by atoms with van der Waals surface area (Å²) < 4.78 is 4.42. The highest BCUT2D eigenvalue weighted by atomic mass is 79.9. The summed E-state index contributed by atoms with van der Waals surface area (Å²) in [5.74, 6) is -0.00414. The number of halogens is 1. The first-order valence-electron chi connectivity index (χ1n) is 4.39. The Kier molecular flexibility index (Phi) is 6.33. The summed E-state index contributed by atoms with van der Waals surface area (Å²) >= 11 is 3.26. The van der Waals surface area contributed by atoms with Crippen molar-refractivity contribution >= 4 is 21.9 Å². The van der Waals surface area contributed by atoms with E-state index in [9.17, 15) is 9.90 Å². The number of carbonyl (C=O) groups is 1. The van der Waals surface area contributed by atoms with Gasteiger partial charge in [-0.3, -0.25) is 0 Å². The average molecular weight is 253 g/mol. The highest BCUT2D eigenvalue weighted by Crippen LogP contribution is 2.17. The predicted octanol–water partition coefficient (Wildman–Crippen LogP) is 1.72. The maximum atomic E-state index is 10.9. The van der Waals surface area contributed by atoms with Crippen LogP contribution >= 0.6 is 15.9 Å². The highest BCUT2D eigenvalue weighted by Gasteiger charge is 2.24. The number of aliphatic hydroxyl groups is 1. The summed E-state index contributed by atoms with van der Waals surface area (Å²) in [6.07, 6.45) is 0.696. The van der Waals surface area contributed by atoms with Gasteiger partial charge in [0.1, 0.15) is 0 Å². The fourth-order valence-electron chi connectivity index (χ4n) is 0.919. The average Bonchev–Trinajstić information content (AvgIpc) is 2.11. The molecule has 0 amide bonds. The number of hydrogen-bond acceptors (Lipinski definition) is 3. The van der Waals surface area contributed by atoms with Gasteiger partial charge in [0.2, 0.25) is 0 Å². The van der Waals surface area contributed by atoms with Crippen LogP contribution in [0.1, 0.15) is 26.7 Å². The van der Waals surface area contributed by atoms with Gasteiger partial charge in [0.25, 0.3) is 0 Å². The quantitative estimate of drug-likeness (QED) is 0.599. The van der Waals surface area contributed by atoms with Gasteiger partial charge >= 0.3 is 5.97 Å². The lowest BCUT2D eigenvalue weighted by molar-refractivity contribution is -0.150. The van der Waals surface area contributed by atoms with Crippen molar-refractivity contribution in [2.45, 2.75) is 37.6 Å². The van der Waals surface area contributed by atoms with Crippen LogP contribution < -0.4 is 0 Å². The molecule has 0 aromatic carbocycles. The molecule has 0 aromatic heterocycles. The monoisotopic (exact) mass is 252 g/mol. The standard InChI is InChI=1S/C9H17BrO3/c1-6(2)4-5-7(10)8(11)9(12)13-3/h6-8,11H,4-5H2,1-3H3/t7-,8-/m1/s1. The Labute approximate surface area is 87.6 Å². The largest absolute Gasteiger partial charge is 0.467 e. The third kappa shape index (κ3) is 5.26.